The molecule has 0 aliphatic rings. The first-order chi connectivity index (χ1) is 6.81. The normalized spacial score (nSPS) is 10.1. The number of nitrogens with two attached hydrogens (primary N) is 1. The fraction of sp³-hybridized carbons (Fsp3) is 0. The summed E-state index contributed by atoms with van der Waals surface area (Å²) in [5.41, 5.74) is 2.11. The van der Waals surface area contributed by atoms with Crippen LogP contribution in [0.1, 0.15) is 9.67 Å². The largest absolute Gasteiger partial charge is 0.289 e. The van der Waals surface area contributed by atoms with Gasteiger partial charge in [-0.15, -0.1) is 22.7 Å². The molecule has 2 rings (SSSR count). The highest BCUT2D eigenvalue weighted by atomic mass is 32.1. The van der Waals surface area contributed by atoms with Crippen LogP contribution in [0.2, 0.25) is 0 Å². The Morgan fingerprint density at radius 3 is 2.79 bits per heavy atom. The first kappa shape index (κ1) is 9.39. The summed E-state index contributed by atoms with van der Waals surface area (Å²) in [6.07, 6.45) is 0. The standard InChI is InChI=1S/C9H8N2OS2/c10-11-9(12)8-4-3-7(14-8)6-2-1-5-13-6/h1-5H,10H2,(H,11,12). The molecule has 0 aliphatic carbocycles. The minimum absolute atomic E-state index is 0.238. The molecule has 0 aliphatic heterocycles. The Labute approximate surface area is 89.2 Å². The molecular weight excluding hydrogens is 216 g/mol. The maximum absolute atomic E-state index is 11.2. The summed E-state index contributed by atoms with van der Waals surface area (Å²) in [7, 11) is 0. The highest BCUT2D eigenvalue weighted by Gasteiger charge is 2.08. The first-order valence-electron chi connectivity index (χ1n) is 3.96. The molecule has 14 heavy (non-hydrogen) atoms. The maximum atomic E-state index is 11.2. The minimum Gasteiger partial charge on any atom is -0.289 e. The van der Waals surface area contributed by atoms with Crippen molar-refractivity contribution in [2.75, 3.05) is 0 Å². The van der Waals surface area contributed by atoms with Gasteiger partial charge in [-0.1, -0.05) is 6.07 Å². The van der Waals surface area contributed by atoms with E-state index in [2.05, 4.69) is 5.43 Å². The predicted octanol–water partition coefficient (Wildman–Crippen LogP) is 2.08. The van der Waals surface area contributed by atoms with Crippen LogP contribution in [0.4, 0.5) is 0 Å². The van der Waals surface area contributed by atoms with Crippen molar-refractivity contribution in [2.24, 2.45) is 5.84 Å². The molecule has 0 saturated heterocycles. The Morgan fingerprint density at radius 2 is 2.14 bits per heavy atom. The van der Waals surface area contributed by atoms with E-state index in [0.29, 0.717) is 4.88 Å². The highest BCUT2D eigenvalue weighted by molar-refractivity contribution is 7.22. The van der Waals surface area contributed by atoms with Gasteiger partial charge in [-0.3, -0.25) is 10.2 Å². The number of rotatable bonds is 2. The number of hydrogen-bond acceptors (Lipinski definition) is 4. The third-order valence-corrected chi connectivity index (χ3v) is 3.87. The third kappa shape index (κ3) is 1.70. The van der Waals surface area contributed by atoms with Gasteiger partial charge in [0.15, 0.2) is 0 Å². The highest BCUT2D eigenvalue weighted by Crippen LogP contribution is 2.31. The van der Waals surface area contributed by atoms with Crippen LogP contribution >= 0.6 is 22.7 Å². The topological polar surface area (TPSA) is 55.1 Å². The van der Waals surface area contributed by atoms with E-state index in [1.54, 1.807) is 17.4 Å². The van der Waals surface area contributed by atoms with Crippen LogP contribution < -0.4 is 11.3 Å². The number of nitrogens with one attached hydrogen (secondary N) is 1. The first-order valence-corrected chi connectivity index (χ1v) is 5.65. The van der Waals surface area contributed by atoms with Crippen molar-refractivity contribution in [2.45, 2.75) is 0 Å². The summed E-state index contributed by atoms with van der Waals surface area (Å²) >= 11 is 3.10. The van der Waals surface area contributed by atoms with Gasteiger partial charge in [0.2, 0.25) is 0 Å². The second-order valence-electron chi connectivity index (χ2n) is 2.61. The lowest BCUT2D eigenvalue weighted by atomic mass is 10.3. The Kier molecular flexibility index (Phi) is 2.62. The summed E-state index contributed by atoms with van der Waals surface area (Å²) in [5, 5.41) is 2.01. The molecule has 0 fully saturated rings. The molecule has 2 heterocycles. The molecule has 3 nitrogen and oxygen atoms in total. The second-order valence-corrected chi connectivity index (χ2v) is 4.65. The molecule has 0 aromatic carbocycles. The van der Waals surface area contributed by atoms with E-state index < -0.39 is 0 Å². The minimum atomic E-state index is -0.238. The Morgan fingerprint density at radius 1 is 1.29 bits per heavy atom. The summed E-state index contributed by atoms with van der Waals surface area (Å²) in [5.74, 6) is 4.80. The van der Waals surface area contributed by atoms with Crippen LogP contribution in [-0.2, 0) is 0 Å². The Hall–Kier alpha value is -1.17. The second kappa shape index (κ2) is 3.91. The molecule has 72 valence electrons. The molecule has 2 aromatic rings. The number of hydrazine groups is 1. The van der Waals surface area contributed by atoms with Crippen molar-refractivity contribution in [3.8, 4) is 9.75 Å². The van der Waals surface area contributed by atoms with E-state index in [1.807, 2.05) is 23.6 Å². The van der Waals surface area contributed by atoms with Gasteiger partial charge >= 0.3 is 0 Å². The zero-order valence-corrected chi connectivity index (χ0v) is 8.82. The number of nitrogen functional groups attached to an aromatic ring is 1. The van der Waals surface area contributed by atoms with Gasteiger partial charge in [0, 0.05) is 9.75 Å². The molecule has 0 radical (unpaired) electrons. The monoisotopic (exact) mass is 224 g/mol. The molecule has 0 saturated carbocycles. The van der Waals surface area contributed by atoms with Crippen LogP contribution in [0.5, 0.6) is 0 Å². The predicted molar refractivity (Wildman–Crippen MR) is 59.3 cm³/mol. The van der Waals surface area contributed by atoms with E-state index in [1.165, 1.54) is 16.2 Å². The van der Waals surface area contributed by atoms with Crippen molar-refractivity contribution in [3.63, 3.8) is 0 Å². The van der Waals surface area contributed by atoms with Gasteiger partial charge in [-0.05, 0) is 23.6 Å². The van der Waals surface area contributed by atoms with E-state index in [4.69, 9.17) is 5.84 Å². The van der Waals surface area contributed by atoms with Crippen molar-refractivity contribution in [3.05, 3.63) is 34.5 Å². The summed E-state index contributed by atoms with van der Waals surface area (Å²) in [6, 6.07) is 7.73. The lowest BCUT2D eigenvalue weighted by molar-refractivity contribution is 0.0957. The van der Waals surface area contributed by atoms with E-state index in [9.17, 15) is 4.79 Å². The molecule has 0 unspecified atom stereocenters. The zero-order chi connectivity index (χ0) is 9.97. The molecule has 2 aromatic heterocycles. The average molecular weight is 224 g/mol. The Balaban J connectivity index is 2.31. The average Bonchev–Trinajstić information content (AvgIpc) is 2.86. The number of thiophene rings is 2. The van der Waals surface area contributed by atoms with Gasteiger partial charge in [0.25, 0.3) is 5.91 Å². The van der Waals surface area contributed by atoms with Gasteiger partial charge in [0.1, 0.15) is 0 Å². The molecule has 0 spiro atoms. The SMILES string of the molecule is NNC(=O)c1ccc(-c2cccs2)s1. The maximum Gasteiger partial charge on any atom is 0.275 e. The zero-order valence-electron chi connectivity index (χ0n) is 7.19. The molecular formula is C9H8N2OS2. The Bertz CT molecular complexity index is 433. The number of amides is 1. The third-order valence-electron chi connectivity index (χ3n) is 1.72. The fourth-order valence-electron chi connectivity index (χ4n) is 1.08. The van der Waals surface area contributed by atoms with Crippen LogP contribution in [0.3, 0.4) is 0 Å². The molecule has 1 amide bonds. The van der Waals surface area contributed by atoms with Gasteiger partial charge < -0.3 is 0 Å². The van der Waals surface area contributed by atoms with Gasteiger partial charge in [-0.2, -0.15) is 0 Å². The van der Waals surface area contributed by atoms with Crippen molar-refractivity contribution < 1.29 is 4.79 Å². The van der Waals surface area contributed by atoms with Crippen molar-refractivity contribution in [1.29, 1.82) is 0 Å². The lowest BCUT2D eigenvalue weighted by Crippen LogP contribution is -2.29. The molecule has 0 atom stereocenters. The van der Waals surface area contributed by atoms with Crippen LogP contribution in [0.15, 0.2) is 29.6 Å². The number of carbonyl (C=O) groups is 1. The van der Waals surface area contributed by atoms with Gasteiger partial charge in [-0.25, -0.2) is 5.84 Å². The summed E-state index contributed by atoms with van der Waals surface area (Å²) < 4.78 is 0. The van der Waals surface area contributed by atoms with Crippen LogP contribution in [-0.4, -0.2) is 5.91 Å². The lowest BCUT2D eigenvalue weighted by Gasteiger charge is -1.92. The fourth-order valence-corrected chi connectivity index (χ4v) is 2.83. The van der Waals surface area contributed by atoms with Crippen molar-refractivity contribution >= 4 is 28.6 Å². The van der Waals surface area contributed by atoms with Crippen LogP contribution in [0, 0.1) is 0 Å². The van der Waals surface area contributed by atoms with Crippen molar-refractivity contribution in [1.82, 2.24) is 5.43 Å². The summed E-state index contributed by atoms with van der Waals surface area (Å²) in [6.45, 7) is 0. The number of carbonyl (C=O) groups excluding carboxylic acids is 1. The van der Waals surface area contributed by atoms with E-state index >= 15 is 0 Å². The molecule has 3 N–H and O–H groups in total. The number of hydrogen-bond donors (Lipinski definition) is 2. The van der Waals surface area contributed by atoms with Gasteiger partial charge in [0.05, 0.1) is 4.88 Å². The van der Waals surface area contributed by atoms with Crippen LogP contribution in [0.25, 0.3) is 9.75 Å². The molecule has 5 heteroatoms. The molecule has 0 bridgehead atoms. The smallest absolute Gasteiger partial charge is 0.275 e. The quantitative estimate of drug-likeness (QED) is 0.466. The van der Waals surface area contributed by atoms with E-state index in [-0.39, 0.29) is 5.91 Å². The van der Waals surface area contributed by atoms with E-state index in [0.717, 1.165) is 4.88 Å². The summed E-state index contributed by atoms with van der Waals surface area (Å²) in [4.78, 5) is 14.1.